The third kappa shape index (κ3) is 5.96. The van der Waals surface area contributed by atoms with Crippen LogP contribution in [0.3, 0.4) is 0 Å². The smallest absolute Gasteiger partial charge is 0.328 e. The minimum atomic E-state index is -1.09. The van der Waals surface area contributed by atoms with Crippen molar-refractivity contribution in [3.63, 3.8) is 0 Å². The summed E-state index contributed by atoms with van der Waals surface area (Å²) in [5.41, 5.74) is 4.39. The Morgan fingerprint density at radius 2 is 1.94 bits per heavy atom. The van der Waals surface area contributed by atoms with E-state index in [0.717, 1.165) is 0 Å². The summed E-state index contributed by atoms with van der Waals surface area (Å²) in [5, 5.41) is 14.6. The molecular weight excluding hydrogens is 226 g/mol. The number of hydrogen-bond acceptors (Lipinski definition) is 6. The van der Waals surface area contributed by atoms with Gasteiger partial charge < -0.3 is 25.3 Å². The Kier molecular flexibility index (Phi) is 6.34. The van der Waals surface area contributed by atoms with Crippen molar-refractivity contribution in [2.45, 2.75) is 33.2 Å². The lowest BCUT2D eigenvalue weighted by molar-refractivity contribution is -0.241. The summed E-state index contributed by atoms with van der Waals surface area (Å²) in [4.78, 5) is 17.2. The summed E-state index contributed by atoms with van der Waals surface area (Å²) in [6.07, 6.45) is 0. The first-order chi connectivity index (χ1) is 7.82. The number of hydrogen-bond donors (Lipinski definition) is 1. The van der Waals surface area contributed by atoms with Gasteiger partial charge in [-0.05, 0) is 27.7 Å². The van der Waals surface area contributed by atoms with Gasteiger partial charge in [-0.1, -0.05) is 5.16 Å². The molecule has 0 unspecified atom stereocenters. The molecule has 0 aliphatic rings. The molecule has 7 nitrogen and oxygen atoms in total. The van der Waals surface area contributed by atoms with Gasteiger partial charge in [0.1, 0.15) is 5.54 Å². The molecule has 0 aromatic heterocycles. The van der Waals surface area contributed by atoms with Crippen LogP contribution in [0, 0.1) is 0 Å². The van der Waals surface area contributed by atoms with Crippen LogP contribution in [-0.4, -0.2) is 42.3 Å². The van der Waals surface area contributed by atoms with Gasteiger partial charge in [0.05, 0.1) is 6.02 Å². The van der Waals surface area contributed by atoms with E-state index in [2.05, 4.69) is 14.7 Å². The molecule has 0 aliphatic carbocycles. The monoisotopic (exact) mass is 246 g/mol. The predicted molar refractivity (Wildman–Crippen MR) is 60.7 cm³/mol. The van der Waals surface area contributed by atoms with Gasteiger partial charge in [0.25, 0.3) is 6.79 Å². The number of oxime groups is 1. The van der Waals surface area contributed by atoms with Crippen molar-refractivity contribution in [2.24, 2.45) is 10.9 Å². The molecule has 17 heavy (non-hydrogen) atoms. The standard InChI is InChI=1S/C10H21N3O4/c1-5-13(6-2)9(15)12-17-7-16-8(14)10(3,4)11/h5-7,11H2,1-4H3,(H,12,15)/p-1. The molecule has 0 rings (SSSR count). The van der Waals surface area contributed by atoms with E-state index in [1.807, 2.05) is 13.8 Å². The van der Waals surface area contributed by atoms with Crippen molar-refractivity contribution in [3.8, 4) is 0 Å². The van der Waals surface area contributed by atoms with E-state index >= 15 is 0 Å². The number of ether oxygens (including phenoxy) is 1. The SMILES string of the molecule is CCN(CC)/C([O-])=N/OCOC(=O)C(C)(C)N. The van der Waals surface area contributed by atoms with Crippen LogP contribution in [0.25, 0.3) is 0 Å². The van der Waals surface area contributed by atoms with Crippen LogP contribution in [-0.2, 0) is 14.4 Å². The molecule has 2 N–H and O–H groups in total. The topological polar surface area (TPSA) is 100 Å². The second-order valence-corrected chi connectivity index (χ2v) is 3.95. The van der Waals surface area contributed by atoms with Gasteiger partial charge in [0.2, 0.25) is 0 Å². The lowest BCUT2D eigenvalue weighted by atomic mass is 10.1. The molecule has 0 aliphatic heterocycles. The minimum Gasteiger partial charge on any atom is -0.844 e. The van der Waals surface area contributed by atoms with Crippen molar-refractivity contribution in [1.29, 1.82) is 0 Å². The van der Waals surface area contributed by atoms with Crippen LogP contribution in [0.2, 0.25) is 0 Å². The molecule has 0 saturated heterocycles. The molecule has 0 aromatic rings. The molecule has 0 radical (unpaired) electrons. The van der Waals surface area contributed by atoms with Gasteiger partial charge >= 0.3 is 5.97 Å². The number of nitrogens with zero attached hydrogens (tertiary/aromatic N) is 2. The van der Waals surface area contributed by atoms with Gasteiger partial charge in [-0.15, -0.1) is 0 Å². The van der Waals surface area contributed by atoms with Crippen molar-refractivity contribution in [3.05, 3.63) is 0 Å². The fraction of sp³-hybridized carbons (Fsp3) is 0.800. The molecule has 0 atom stereocenters. The fourth-order valence-electron chi connectivity index (χ4n) is 0.899. The molecular formula is C10H20N3O4-. The Hall–Kier alpha value is -1.50. The number of esters is 1. The highest BCUT2D eigenvalue weighted by Gasteiger charge is 2.23. The number of amidine groups is 1. The third-order valence-corrected chi connectivity index (χ3v) is 1.95. The molecule has 0 fully saturated rings. The Labute approximate surface area is 101 Å². The van der Waals surface area contributed by atoms with E-state index < -0.39 is 24.3 Å². The summed E-state index contributed by atoms with van der Waals surface area (Å²) < 4.78 is 4.65. The Bertz CT molecular complexity index is 269. The Morgan fingerprint density at radius 3 is 2.35 bits per heavy atom. The van der Waals surface area contributed by atoms with Gasteiger partial charge in [-0.2, -0.15) is 0 Å². The van der Waals surface area contributed by atoms with Crippen LogP contribution in [0.5, 0.6) is 0 Å². The van der Waals surface area contributed by atoms with E-state index in [4.69, 9.17) is 5.73 Å². The van der Waals surface area contributed by atoms with Crippen molar-refractivity contribution < 1.29 is 19.5 Å². The fourth-order valence-corrected chi connectivity index (χ4v) is 0.899. The van der Waals surface area contributed by atoms with Gasteiger partial charge in [-0.3, -0.25) is 0 Å². The van der Waals surface area contributed by atoms with Gasteiger partial charge in [0, 0.05) is 13.1 Å². The van der Waals surface area contributed by atoms with Crippen LogP contribution < -0.4 is 10.8 Å². The van der Waals surface area contributed by atoms with Crippen LogP contribution in [0.15, 0.2) is 5.16 Å². The van der Waals surface area contributed by atoms with E-state index in [1.54, 1.807) is 0 Å². The van der Waals surface area contributed by atoms with Gasteiger partial charge in [-0.25, -0.2) is 4.79 Å². The minimum absolute atomic E-state index is 0.424. The largest absolute Gasteiger partial charge is 0.844 e. The lowest BCUT2D eigenvalue weighted by Crippen LogP contribution is -2.43. The maximum absolute atomic E-state index is 11.3. The van der Waals surface area contributed by atoms with Crippen LogP contribution in [0.1, 0.15) is 27.7 Å². The molecule has 0 aromatic carbocycles. The first-order valence-corrected chi connectivity index (χ1v) is 5.40. The molecule has 0 heterocycles. The van der Waals surface area contributed by atoms with Gasteiger partial charge in [0.15, 0.2) is 0 Å². The zero-order valence-corrected chi connectivity index (χ0v) is 10.7. The third-order valence-electron chi connectivity index (χ3n) is 1.95. The second kappa shape index (κ2) is 6.95. The van der Waals surface area contributed by atoms with Crippen molar-refractivity contribution in [1.82, 2.24) is 4.90 Å². The predicted octanol–water partition coefficient (Wildman–Crippen LogP) is -0.786. The summed E-state index contributed by atoms with van der Waals surface area (Å²) >= 11 is 0. The molecule has 7 heteroatoms. The molecule has 100 valence electrons. The molecule has 0 saturated carbocycles. The maximum atomic E-state index is 11.3. The van der Waals surface area contributed by atoms with E-state index in [-0.39, 0.29) is 0 Å². The Morgan fingerprint density at radius 1 is 1.41 bits per heavy atom. The van der Waals surface area contributed by atoms with E-state index in [1.165, 1.54) is 18.7 Å². The summed E-state index contributed by atoms with van der Waals surface area (Å²) in [6.45, 7) is 7.32. The quantitative estimate of drug-likeness (QED) is 0.165. The highest BCUT2D eigenvalue weighted by atomic mass is 16.8. The summed E-state index contributed by atoms with van der Waals surface area (Å²) in [7, 11) is 0. The number of carbonyl (C=O) groups excluding carboxylic acids is 1. The van der Waals surface area contributed by atoms with E-state index in [0.29, 0.717) is 13.1 Å². The van der Waals surface area contributed by atoms with Crippen molar-refractivity contribution >= 4 is 12.0 Å². The van der Waals surface area contributed by atoms with E-state index in [9.17, 15) is 9.90 Å². The highest BCUT2D eigenvalue weighted by molar-refractivity contribution is 5.79. The van der Waals surface area contributed by atoms with Crippen LogP contribution in [0.4, 0.5) is 0 Å². The first-order valence-electron chi connectivity index (χ1n) is 5.40. The number of nitrogens with two attached hydrogens (primary N) is 1. The zero-order chi connectivity index (χ0) is 13.5. The summed E-state index contributed by atoms with van der Waals surface area (Å²) in [6, 6.07) is -0.502. The number of rotatable bonds is 6. The highest BCUT2D eigenvalue weighted by Crippen LogP contribution is 1.99. The summed E-state index contributed by atoms with van der Waals surface area (Å²) in [5.74, 6) is -0.622. The van der Waals surface area contributed by atoms with Crippen molar-refractivity contribution in [2.75, 3.05) is 19.9 Å². The normalized spacial score (nSPS) is 12.2. The number of carbonyl (C=O) groups is 1. The average molecular weight is 246 g/mol. The average Bonchev–Trinajstić information content (AvgIpc) is 2.24. The van der Waals surface area contributed by atoms with Crippen LogP contribution >= 0.6 is 0 Å². The Balaban J connectivity index is 3.99. The second-order valence-electron chi connectivity index (χ2n) is 3.95. The molecule has 0 spiro atoms. The molecule has 0 amide bonds. The molecule has 0 bridgehead atoms. The first kappa shape index (κ1) is 15.5. The maximum Gasteiger partial charge on any atom is 0.328 e. The zero-order valence-electron chi connectivity index (χ0n) is 10.7. The lowest BCUT2D eigenvalue weighted by Gasteiger charge is -2.25.